The first-order valence-corrected chi connectivity index (χ1v) is 8.19. The molecule has 0 bridgehead atoms. The molecule has 1 fully saturated rings. The van der Waals surface area contributed by atoms with Gasteiger partial charge in [-0.05, 0) is 49.4 Å². The van der Waals surface area contributed by atoms with Crippen molar-refractivity contribution in [3.05, 3.63) is 41.5 Å². The van der Waals surface area contributed by atoms with Gasteiger partial charge >= 0.3 is 0 Å². The quantitative estimate of drug-likeness (QED) is 0.818. The average molecular weight is 295 g/mol. The normalized spacial score (nSPS) is 15.6. The maximum atomic E-state index is 12.8. The number of benzene rings is 1. The van der Waals surface area contributed by atoms with E-state index in [2.05, 4.69) is 6.58 Å². The molecule has 0 saturated heterocycles. The number of hydrogen-bond acceptors (Lipinski definition) is 3. The summed E-state index contributed by atoms with van der Waals surface area (Å²) in [5, 5.41) is 9.34. The van der Waals surface area contributed by atoms with E-state index < -0.39 is 10.0 Å². The van der Waals surface area contributed by atoms with E-state index in [1.807, 2.05) is 13.0 Å². The highest BCUT2D eigenvalue weighted by atomic mass is 32.2. The van der Waals surface area contributed by atoms with Gasteiger partial charge in [-0.3, -0.25) is 0 Å². The molecule has 0 spiro atoms. The molecule has 0 aliphatic heterocycles. The Morgan fingerprint density at radius 2 is 2.00 bits per heavy atom. The summed E-state index contributed by atoms with van der Waals surface area (Å²) in [5.41, 5.74) is 2.28. The van der Waals surface area contributed by atoms with Gasteiger partial charge in [-0.1, -0.05) is 12.1 Å². The number of aliphatic hydroxyl groups is 1. The van der Waals surface area contributed by atoms with Gasteiger partial charge in [0, 0.05) is 12.6 Å². The van der Waals surface area contributed by atoms with Crippen molar-refractivity contribution >= 4 is 10.0 Å². The van der Waals surface area contributed by atoms with Crippen LogP contribution in [0.2, 0.25) is 0 Å². The highest BCUT2D eigenvalue weighted by Gasteiger charge is 2.37. The van der Waals surface area contributed by atoms with Gasteiger partial charge in [0.05, 0.1) is 11.5 Å². The van der Waals surface area contributed by atoms with Crippen molar-refractivity contribution in [3.8, 4) is 0 Å². The molecule has 1 aromatic carbocycles. The molecule has 0 heterocycles. The molecule has 1 N–H and O–H groups in total. The highest BCUT2D eigenvalue weighted by molar-refractivity contribution is 7.89. The first kappa shape index (κ1) is 15.2. The topological polar surface area (TPSA) is 57.6 Å². The van der Waals surface area contributed by atoms with E-state index in [0.717, 1.165) is 24.0 Å². The van der Waals surface area contributed by atoms with Gasteiger partial charge in [-0.2, -0.15) is 4.31 Å². The van der Waals surface area contributed by atoms with Crippen LogP contribution in [-0.4, -0.2) is 30.4 Å². The van der Waals surface area contributed by atoms with E-state index in [1.54, 1.807) is 19.1 Å². The molecule has 0 atom stereocenters. The third kappa shape index (κ3) is 2.80. The number of sulfonamides is 1. The minimum Gasteiger partial charge on any atom is -0.392 e. The zero-order chi connectivity index (χ0) is 14.9. The van der Waals surface area contributed by atoms with Gasteiger partial charge in [0.15, 0.2) is 0 Å². The fraction of sp³-hybridized carbons (Fsp3) is 0.467. The maximum Gasteiger partial charge on any atom is 0.243 e. The molecule has 0 aromatic heterocycles. The molecule has 1 saturated carbocycles. The smallest absolute Gasteiger partial charge is 0.243 e. The van der Waals surface area contributed by atoms with E-state index in [4.69, 9.17) is 0 Å². The van der Waals surface area contributed by atoms with Gasteiger partial charge in [0.2, 0.25) is 10.0 Å². The minimum atomic E-state index is -3.53. The Morgan fingerprint density at radius 1 is 1.35 bits per heavy atom. The monoisotopic (exact) mass is 295 g/mol. The predicted octanol–water partition coefficient (Wildman–Crippen LogP) is 2.13. The van der Waals surface area contributed by atoms with Crippen molar-refractivity contribution in [1.82, 2.24) is 4.31 Å². The first-order valence-electron chi connectivity index (χ1n) is 6.75. The number of hydrogen-bond donors (Lipinski definition) is 1. The second-order valence-electron chi connectivity index (χ2n) is 5.30. The summed E-state index contributed by atoms with van der Waals surface area (Å²) in [4.78, 5) is 0.293. The molecule has 0 radical (unpaired) electrons. The van der Waals surface area contributed by atoms with Crippen molar-refractivity contribution in [1.29, 1.82) is 0 Å². The molecule has 4 nitrogen and oxygen atoms in total. The Bertz CT molecular complexity index is 618. The van der Waals surface area contributed by atoms with E-state index >= 15 is 0 Å². The number of rotatable bonds is 6. The Morgan fingerprint density at radius 3 is 2.50 bits per heavy atom. The molecular weight excluding hydrogens is 274 g/mol. The molecule has 0 unspecified atom stereocenters. The first-order chi connectivity index (χ1) is 9.41. The molecule has 20 heavy (non-hydrogen) atoms. The third-order valence-electron chi connectivity index (χ3n) is 3.65. The molecule has 1 aliphatic carbocycles. The maximum absolute atomic E-state index is 12.8. The summed E-state index contributed by atoms with van der Waals surface area (Å²) in [6, 6.07) is 3.51. The van der Waals surface area contributed by atoms with Gasteiger partial charge in [-0.25, -0.2) is 8.42 Å². The molecule has 110 valence electrons. The lowest BCUT2D eigenvalue weighted by atomic mass is 10.1. The van der Waals surface area contributed by atoms with Crippen LogP contribution >= 0.6 is 0 Å². The SMILES string of the molecule is C=CCN(C1CC1)S(=O)(=O)c1cc(CO)c(C)cc1C. The number of aryl methyl sites for hydroxylation is 2. The zero-order valence-electron chi connectivity index (χ0n) is 12.0. The average Bonchev–Trinajstić information content (AvgIpc) is 3.19. The second kappa shape index (κ2) is 5.68. The summed E-state index contributed by atoms with van der Waals surface area (Å²) >= 11 is 0. The highest BCUT2D eigenvalue weighted by Crippen LogP contribution is 2.33. The number of nitrogens with zero attached hydrogens (tertiary/aromatic N) is 1. The lowest BCUT2D eigenvalue weighted by Crippen LogP contribution is -2.33. The Hall–Kier alpha value is -1.17. The van der Waals surface area contributed by atoms with Crippen LogP contribution in [0.3, 0.4) is 0 Å². The van der Waals surface area contributed by atoms with Gasteiger partial charge < -0.3 is 5.11 Å². The van der Waals surface area contributed by atoms with Crippen LogP contribution in [0.4, 0.5) is 0 Å². The van der Waals surface area contributed by atoms with Crippen molar-refractivity contribution in [2.75, 3.05) is 6.54 Å². The van der Waals surface area contributed by atoms with E-state index in [-0.39, 0.29) is 12.6 Å². The van der Waals surface area contributed by atoms with Crippen molar-refractivity contribution in [2.45, 2.75) is 44.2 Å². The van der Waals surface area contributed by atoms with E-state index in [9.17, 15) is 13.5 Å². The molecule has 0 amide bonds. The molecule has 2 rings (SSSR count). The van der Waals surface area contributed by atoms with Gasteiger partial charge in [-0.15, -0.1) is 6.58 Å². The summed E-state index contributed by atoms with van der Waals surface area (Å²) in [6.07, 6.45) is 3.43. The Kier molecular flexibility index (Phi) is 4.32. The van der Waals surface area contributed by atoms with Crippen LogP contribution in [0, 0.1) is 13.8 Å². The van der Waals surface area contributed by atoms with Crippen LogP contribution in [0.15, 0.2) is 29.7 Å². The fourth-order valence-corrected chi connectivity index (χ4v) is 4.30. The molecule has 5 heteroatoms. The van der Waals surface area contributed by atoms with E-state index in [1.165, 1.54) is 4.31 Å². The van der Waals surface area contributed by atoms with Crippen LogP contribution < -0.4 is 0 Å². The predicted molar refractivity (Wildman–Crippen MR) is 78.9 cm³/mol. The lowest BCUT2D eigenvalue weighted by molar-refractivity contribution is 0.280. The number of aliphatic hydroxyl groups excluding tert-OH is 1. The van der Waals surface area contributed by atoms with Crippen LogP contribution in [0.5, 0.6) is 0 Å². The van der Waals surface area contributed by atoms with E-state index in [0.29, 0.717) is 17.0 Å². The summed E-state index contributed by atoms with van der Waals surface area (Å²) in [7, 11) is -3.53. The molecule has 1 aliphatic rings. The van der Waals surface area contributed by atoms with Crippen molar-refractivity contribution < 1.29 is 13.5 Å². The standard InChI is InChI=1S/C15H21NO3S/c1-4-7-16(14-5-6-14)20(18,19)15-9-13(10-17)11(2)8-12(15)3/h4,8-9,14,17H,1,5-7,10H2,2-3H3. The van der Waals surface area contributed by atoms with Crippen LogP contribution in [0.25, 0.3) is 0 Å². The largest absolute Gasteiger partial charge is 0.392 e. The third-order valence-corrected chi connectivity index (χ3v) is 5.71. The van der Waals surface area contributed by atoms with Gasteiger partial charge in [0.1, 0.15) is 0 Å². The van der Waals surface area contributed by atoms with Crippen molar-refractivity contribution in [2.24, 2.45) is 0 Å². The Balaban J connectivity index is 2.50. The minimum absolute atomic E-state index is 0.0938. The van der Waals surface area contributed by atoms with Crippen LogP contribution in [-0.2, 0) is 16.6 Å². The van der Waals surface area contributed by atoms with Crippen LogP contribution in [0.1, 0.15) is 29.5 Å². The fourth-order valence-electron chi connectivity index (χ4n) is 2.38. The van der Waals surface area contributed by atoms with Gasteiger partial charge in [0.25, 0.3) is 0 Å². The lowest BCUT2D eigenvalue weighted by Gasteiger charge is -2.22. The Labute approximate surface area is 120 Å². The van der Waals surface area contributed by atoms with Crippen molar-refractivity contribution in [3.63, 3.8) is 0 Å². The molecular formula is C15H21NO3S. The second-order valence-corrected chi connectivity index (χ2v) is 7.16. The summed E-state index contributed by atoms with van der Waals surface area (Å²) in [6.45, 7) is 7.48. The summed E-state index contributed by atoms with van der Waals surface area (Å²) in [5.74, 6) is 0. The zero-order valence-corrected chi connectivity index (χ0v) is 12.8. The summed E-state index contributed by atoms with van der Waals surface area (Å²) < 4.78 is 27.1. The molecule has 1 aromatic rings.